The largest absolute Gasteiger partial charge is 0.306 e. The van der Waals surface area contributed by atoms with Gasteiger partial charge < -0.3 is 5.32 Å². The van der Waals surface area contributed by atoms with Crippen molar-refractivity contribution in [1.29, 1.82) is 0 Å². The van der Waals surface area contributed by atoms with E-state index >= 15 is 0 Å². The third-order valence-electron chi connectivity index (χ3n) is 5.22. The summed E-state index contributed by atoms with van der Waals surface area (Å²) in [6.45, 7) is 5.05. The minimum atomic E-state index is -0.778. The van der Waals surface area contributed by atoms with Gasteiger partial charge in [-0.2, -0.15) is 9.78 Å². The van der Waals surface area contributed by atoms with E-state index in [4.69, 9.17) is 0 Å². The molecule has 0 saturated carbocycles. The number of hydrogen-bond donors (Lipinski definition) is 1. The highest BCUT2D eigenvalue weighted by Gasteiger charge is 2.25. The van der Waals surface area contributed by atoms with E-state index < -0.39 is 27.1 Å². The zero-order valence-corrected chi connectivity index (χ0v) is 17.9. The second kappa shape index (κ2) is 8.11. The second-order valence-electron chi connectivity index (χ2n) is 7.50. The third-order valence-corrected chi connectivity index (χ3v) is 5.22. The van der Waals surface area contributed by atoms with Crippen LogP contribution in [0.3, 0.4) is 0 Å². The van der Waals surface area contributed by atoms with Gasteiger partial charge in [-0.3, -0.25) is 25.0 Å². The van der Waals surface area contributed by atoms with Gasteiger partial charge in [0.1, 0.15) is 5.82 Å². The number of carbonyl (C=O) groups is 1. The summed E-state index contributed by atoms with van der Waals surface area (Å²) in [6.07, 6.45) is 0. The molecule has 1 N–H and O–H groups in total. The Hall–Kier alpha value is -4.67. The van der Waals surface area contributed by atoms with Gasteiger partial charge in [-0.1, -0.05) is 18.2 Å². The number of nitrogens with one attached hydrogen (secondary N) is 1. The number of fused-ring (bicyclic) bond motifs is 1. The predicted molar refractivity (Wildman–Crippen MR) is 121 cm³/mol. The van der Waals surface area contributed by atoms with E-state index in [1.807, 2.05) is 37.3 Å². The van der Waals surface area contributed by atoms with Crippen molar-refractivity contribution in [3.8, 4) is 5.82 Å². The van der Waals surface area contributed by atoms with Gasteiger partial charge in [0, 0.05) is 23.1 Å². The summed E-state index contributed by atoms with van der Waals surface area (Å²) in [6, 6.07) is 12.9. The maximum Gasteiger partial charge on any atom is 0.279 e. The maximum atomic E-state index is 13.0. The molecule has 1 amide bonds. The van der Waals surface area contributed by atoms with Crippen LogP contribution < -0.4 is 5.32 Å². The number of non-ortho nitro benzene ring substituents is 1. The van der Waals surface area contributed by atoms with Gasteiger partial charge in [0.2, 0.25) is 0 Å². The van der Waals surface area contributed by atoms with Crippen LogP contribution in [0.2, 0.25) is 0 Å². The summed E-state index contributed by atoms with van der Waals surface area (Å²) in [4.78, 5) is 38.7. The molecule has 2 aromatic carbocycles. The van der Waals surface area contributed by atoms with Crippen LogP contribution in [0.1, 0.15) is 27.2 Å². The molecule has 11 heteroatoms. The van der Waals surface area contributed by atoms with Gasteiger partial charge >= 0.3 is 0 Å². The van der Waals surface area contributed by atoms with Crippen LogP contribution in [-0.4, -0.2) is 30.5 Å². The van der Waals surface area contributed by atoms with Gasteiger partial charge in [-0.05, 0) is 38.5 Å². The first kappa shape index (κ1) is 21.6. The molecule has 0 unspecified atom stereocenters. The smallest absolute Gasteiger partial charge is 0.279 e. The van der Waals surface area contributed by atoms with E-state index in [-0.39, 0.29) is 16.9 Å². The number of aryl methyl sites for hydroxylation is 2. The van der Waals surface area contributed by atoms with Crippen molar-refractivity contribution >= 4 is 34.0 Å². The lowest BCUT2D eigenvalue weighted by Crippen LogP contribution is -2.17. The Kier molecular flexibility index (Phi) is 5.30. The molecule has 0 atom stereocenters. The van der Waals surface area contributed by atoms with Gasteiger partial charge in [-0.25, -0.2) is 4.98 Å². The number of pyridine rings is 1. The number of carbonyl (C=O) groups excluding carboxylic acids is 1. The lowest BCUT2D eigenvalue weighted by atomic mass is 10.0. The fourth-order valence-electron chi connectivity index (χ4n) is 3.60. The minimum Gasteiger partial charge on any atom is -0.306 e. The standard InChI is InChI=1S/C22H18N6O5/c1-12-8-20(23-18-7-5-4-6-16(12)18)26-21(9-13(2)25-26)24-22(29)17-10-15(27(30)31)11-19(14(17)3)28(32)33/h4-11H,1-3H3,(H,24,29). The second-order valence-corrected chi connectivity index (χ2v) is 7.50. The van der Waals surface area contributed by atoms with Crippen LogP contribution in [-0.2, 0) is 0 Å². The molecule has 0 aliphatic heterocycles. The predicted octanol–water partition coefficient (Wildman–Crippen LogP) is 4.41. The van der Waals surface area contributed by atoms with Crippen molar-refractivity contribution in [3.63, 3.8) is 0 Å². The number of amides is 1. The molecular formula is C22H18N6O5. The monoisotopic (exact) mass is 446 g/mol. The molecular weight excluding hydrogens is 428 g/mol. The minimum absolute atomic E-state index is 0.0190. The van der Waals surface area contributed by atoms with E-state index in [2.05, 4.69) is 15.4 Å². The van der Waals surface area contributed by atoms with E-state index in [0.717, 1.165) is 28.6 Å². The molecule has 0 aliphatic rings. The summed E-state index contributed by atoms with van der Waals surface area (Å²) in [5, 5.41) is 30.6. The van der Waals surface area contributed by atoms with Crippen LogP contribution in [0.15, 0.2) is 48.5 Å². The highest BCUT2D eigenvalue weighted by molar-refractivity contribution is 6.06. The van der Waals surface area contributed by atoms with Gasteiger partial charge in [-0.15, -0.1) is 0 Å². The first-order valence-electron chi connectivity index (χ1n) is 9.84. The molecule has 4 rings (SSSR count). The zero-order valence-electron chi connectivity index (χ0n) is 17.9. The fraction of sp³-hybridized carbons (Fsp3) is 0.136. The number of anilines is 1. The van der Waals surface area contributed by atoms with Crippen molar-refractivity contribution in [2.75, 3.05) is 5.32 Å². The zero-order chi connectivity index (χ0) is 23.9. The van der Waals surface area contributed by atoms with Crippen molar-refractivity contribution in [2.45, 2.75) is 20.8 Å². The number of aromatic nitrogens is 3. The summed E-state index contributed by atoms with van der Waals surface area (Å²) >= 11 is 0. The fourth-order valence-corrected chi connectivity index (χ4v) is 3.60. The van der Waals surface area contributed by atoms with Gasteiger partial charge in [0.05, 0.1) is 32.7 Å². The molecule has 0 aliphatic carbocycles. The molecule has 166 valence electrons. The van der Waals surface area contributed by atoms with E-state index in [1.165, 1.54) is 11.6 Å². The number of para-hydroxylation sites is 1. The molecule has 0 spiro atoms. The van der Waals surface area contributed by atoms with Crippen LogP contribution in [0.4, 0.5) is 17.2 Å². The molecule has 33 heavy (non-hydrogen) atoms. The molecule has 0 bridgehead atoms. The Balaban J connectivity index is 1.78. The topological polar surface area (TPSA) is 146 Å². The van der Waals surface area contributed by atoms with Crippen molar-refractivity contribution in [2.24, 2.45) is 0 Å². The summed E-state index contributed by atoms with van der Waals surface area (Å²) in [7, 11) is 0. The Morgan fingerprint density at radius 2 is 1.73 bits per heavy atom. The van der Waals surface area contributed by atoms with E-state index in [1.54, 1.807) is 13.0 Å². The number of hydrogen-bond acceptors (Lipinski definition) is 7. The van der Waals surface area contributed by atoms with Crippen LogP contribution >= 0.6 is 0 Å². The van der Waals surface area contributed by atoms with E-state index in [9.17, 15) is 25.0 Å². The SMILES string of the molecule is Cc1cc(NC(=O)c2cc([N+](=O)[O-])cc([N+](=O)[O-])c2C)n(-c2cc(C)c3ccccc3n2)n1. The van der Waals surface area contributed by atoms with Crippen molar-refractivity contribution in [1.82, 2.24) is 14.8 Å². The van der Waals surface area contributed by atoms with E-state index in [0.29, 0.717) is 11.5 Å². The number of nitro benzene ring substituents is 2. The van der Waals surface area contributed by atoms with Crippen LogP contribution in [0, 0.1) is 41.0 Å². The average Bonchev–Trinajstić information content (AvgIpc) is 3.13. The summed E-state index contributed by atoms with van der Waals surface area (Å²) in [5.74, 6) is 0.00236. The Morgan fingerprint density at radius 1 is 1.00 bits per heavy atom. The lowest BCUT2D eigenvalue weighted by molar-refractivity contribution is -0.394. The number of benzene rings is 2. The first-order valence-corrected chi connectivity index (χ1v) is 9.84. The Bertz CT molecular complexity index is 1460. The Morgan fingerprint density at radius 3 is 2.42 bits per heavy atom. The summed E-state index contributed by atoms with van der Waals surface area (Å²) in [5.41, 5.74) is 1.10. The molecule has 2 heterocycles. The highest BCUT2D eigenvalue weighted by atomic mass is 16.6. The highest BCUT2D eigenvalue weighted by Crippen LogP contribution is 2.29. The number of rotatable bonds is 5. The molecule has 4 aromatic rings. The average molecular weight is 446 g/mol. The van der Waals surface area contributed by atoms with Crippen molar-refractivity contribution < 1.29 is 14.6 Å². The molecule has 11 nitrogen and oxygen atoms in total. The van der Waals surface area contributed by atoms with Crippen LogP contribution in [0.5, 0.6) is 0 Å². The van der Waals surface area contributed by atoms with Crippen LogP contribution in [0.25, 0.3) is 16.7 Å². The summed E-state index contributed by atoms with van der Waals surface area (Å²) < 4.78 is 1.45. The third kappa shape index (κ3) is 3.99. The van der Waals surface area contributed by atoms with Gasteiger partial charge in [0.15, 0.2) is 5.82 Å². The quantitative estimate of drug-likeness (QED) is 0.353. The Labute approximate surface area is 187 Å². The number of nitro groups is 2. The first-order chi connectivity index (χ1) is 15.7. The lowest BCUT2D eigenvalue weighted by Gasteiger charge is -2.11. The number of nitrogens with zero attached hydrogens (tertiary/aromatic N) is 5. The molecule has 0 saturated heterocycles. The normalized spacial score (nSPS) is 10.9. The molecule has 0 fully saturated rings. The maximum absolute atomic E-state index is 13.0. The molecule has 0 radical (unpaired) electrons. The van der Waals surface area contributed by atoms with Crippen molar-refractivity contribution in [3.05, 3.63) is 91.1 Å². The van der Waals surface area contributed by atoms with Gasteiger partial charge in [0.25, 0.3) is 17.3 Å². The molecule has 2 aromatic heterocycles.